The zero-order chi connectivity index (χ0) is 13.1. The van der Waals surface area contributed by atoms with Gasteiger partial charge >= 0.3 is 0 Å². The monoisotopic (exact) mass is 318 g/mol. The van der Waals surface area contributed by atoms with Gasteiger partial charge in [0, 0.05) is 36.4 Å². The summed E-state index contributed by atoms with van der Waals surface area (Å²) < 4.78 is 7.01. The fourth-order valence-corrected chi connectivity index (χ4v) is 2.69. The highest BCUT2D eigenvalue weighted by atomic mass is 79.9. The third kappa shape index (κ3) is 3.14. The van der Waals surface area contributed by atoms with E-state index in [9.17, 15) is 0 Å². The van der Waals surface area contributed by atoms with Crippen molar-refractivity contribution in [1.82, 2.24) is 10.3 Å². The van der Waals surface area contributed by atoms with Crippen LogP contribution in [-0.4, -0.2) is 17.6 Å². The molecule has 1 aromatic carbocycles. The summed E-state index contributed by atoms with van der Waals surface area (Å²) in [5.74, 6) is 1.01. The maximum absolute atomic E-state index is 5.90. The zero-order valence-corrected chi connectivity index (χ0v) is 12.1. The van der Waals surface area contributed by atoms with Gasteiger partial charge in [-0.3, -0.25) is 4.98 Å². The lowest BCUT2D eigenvalue weighted by molar-refractivity contribution is 0.227. The third-order valence-electron chi connectivity index (χ3n) is 3.19. The van der Waals surface area contributed by atoms with Crippen LogP contribution < -0.4 is 10.1 Å². The molecule has 0 amide bonds. The van der Waals surface area contributed by atoms with Crippen molar-refractivity contribution >= 4 is 15.9 Å². The molecule has 2 heterocycles. The molecule has 0 saturated carbocycles. The molecule has 3 rings (SSSR count). The molecule has 3 nitrogen and oxygen atoms in total. The highest BCUT2D eigenvalue weighted by Gasteiger charge is 2.22. The summed E-state index contributed by atoms with van der Waals surface area (Å²) in [7, 11) is 0. The van der Waals surface area contributed by atoms with Crippen LogP contribution in [0.2, 0.25) is 0 Å². The van der Waals surface area contributed by atoms with Gasteiger partial charge in [-0.1, -0.05) is 22.0 Å². The number of benzene rings is 1. The summed E-state index contributed by atoms with van der Waals surface area (Å²) >= 11 is 3.49. The van der Waals surface area contributed by atoms with E-state index in [1.807, 2.05) is 24.4 Å². The van der Waals surface area contributed by atoms with E-state index in [4.69, 9.17) is 4.74 Å². The number of pyridine rings is 1. The van der Waals surface area contributed by atoms with Gasteiger partial charge in [0.1, 0.15) is 11.9 Å². The molecular weight excluding hydrogens is 304 g/mol. The van der Waals surface area contributed by atoms with Crippen LogP contribution in [0.5, 0.6) is 5.75 Å². The first-order chi connectivity index (χ1) is 9.31. The molecule has 0 saturated heterocycles. The molecule has 0 bridgehead atoms. The van der Waals surface area contributed by atoms with E-state index in [1.54, 1.807) is 6.20 Å². The largest absolute Gasteiger partial charge is 0.488 e. The quantitative estimate of drug-likeness (QED) is 0.941. The van der Waals surface area contributed by atoms with Crippen LogP contribution in [0.3, 0.4) is 0 Å². The molecule has 1 unspecified atom stereocenters. The van der Waals surface area contributed by atoms with Gasteiger partial charge in [0.15, 0.2) is 0 Å². The second-order valence-corrected chi connectivity index (χ2v) is 5.60. The lowest BCUT2D eigenvalue weighted by atomic mass is 10.1. The third-order valence-corrected chi connectivity index (χ3v) is 3.68. The Labute approximate surface area is 121 Å². The Balaban J connectivity index is 1.51. The summed E-state index contributed by atoms with van der Waals surface area (Å²) in [5.41, 5.74) is 2.48. The van der Waals surface area contributed by atoms with Gasteiger partial charge in [-0.15, -0.1) is 0 Å². The number of fused-ring (bicyclic) bond motifs is 1. The minimum Gasteiger partial charge on any atom is -0.488 e. The van der Waals surface area contributed by atoms with Gasteiger partial charge in [0.2, 0.25) is 0 Å². The van der Waals surface area contributed by atoms with E-state index in [1.165, 1.54) is 11.1 Å². The predicted molar refractivity (Wildman–Crippen MR) is 78.2 cm³/mol. The number of halogens is 1. The molecule has 98 valence electrons. The first-order valence-electron chi connectivity index (χ1n) is 6.36. The first kappa shape index (κ1) is 12.6. The second-order valence-electron chi connectivity index (χ2n) is 4.69. The SMILES string of the molecule is Brc1ccc2c(c1)CC(CNCc1cccnc1)O2. The number of ether oxygens (including phenoxy) is 1. The van der Waals surface area contributed by atoms with E-state index in [-0.39, 0.29) is 6.10 Å². The molecule has 1 aromatic heterocycles. The molecule has 1 N–H and O–H groups in total. The van der Waals surface area contributed by atoms with Crippen molar-refractivity contribution < 1.29 is 4.74 Å². The maximum atomic E-state index is 5.90. The van der Waals surface area contributed by atoms with Crippen molar-refractivity contribution in [2.75, 3.05) is 6.54 Å². The van der Waals surface area contributed by atoms with Gasteiger partial charge in [0.05, 0.1) is 0 Å². The number of nitrogens with one attached hydrogen (secondary N) is 1. The van der Waals surface area contributed by atoms with Crippen molar-refractivity contribution in [2.24, 2.45) is 0 Å². The topological polar surface area (TPSA) is 34.2 Å². The molecule has 19 heavy (non-hydrogen) atoms. The van der Waals surface area contributed by atoms with Crippen LogP contribution in [0.15, 0.2) is 47.2 Å². The maximum Gasteiger partial charge on any atom is 0.123 e. The lowest BCUT2D eigenvalue weighted by Crippen LogP contribution is -2.29. The van der Waals surface area contributed by atoms with Crippen molar-refractivity contribution in [1.29, 1.82) is 0 Å². The molecular formula is C15H15BrN2O. The van der Waals surface area contributed by atoms with Crippen LogP contribution in [0.25, 0.3) is 0 Å². The Hall–Kier alpha value is -1.39. The number of hydrogen-bond donors (Lipinski definition) is 1. The number of nitrogens with zero attached hydrogens (tertiary/aromatic N) is 1. The Morgan fingerprint density at radius 2 is 2.32 bits per heavy atom. The van der Waals surface area contributed by atoms with Gasteiger partial charge in [-0.2, -0.15) is 0 Å². The summed E-state index contributed by atoms with van der Waals surface area (Å²) in [6, 6.07) is 10.2. The van der Waals surface area contributed by atoms with Crippen molar-refractivity contribution in [3.05, 3.63) is 58.3 Å². The summed E-state index contributed by atoms with van der Waals surface area (Å²) in [6.45, 7) is 1.68. The van der Waals surface area contributed by atoms with E-state index in [2.05, 4.69) is 38.4 Å². The molecule has 1 aliphatic heterocycles. The minimum absolute atomic E-state index is 0.223. The van der Waals surface area contributed by atoms with Crippen LogP contribution in [0.1, 0.15) is 11.1 Å². The summed E-state index contributed by atoms with van der Waals surface area (Å²) in [4.78, 5) is 4.10. The van der Waals surface area contributed by atoms with Crippen LogP contribution in [0.4, 0.5) is 0 Å². The van der Waals surface area contributed by atoms with Crippen molar-refractivity contribution in [2.45, 2.75) is 19.1 Å². The van der Waals surface area contributed by atoms with Crippen LogP contribution >= 0.6 is 15.9 Å². The highest BCUT2D eigenvalue weighted by molar-refractivity contribution is 9.10. The molecule has 1 atom stereocenters. The van der Waals surface area contributed by atoms with Crippen LogP contribution in [0, 0.1) is 0 Å². The lowest BCUT2D eigenvalue weighted by Gasteiger charge is -2.11. The van der Waals surface area contributed by atoms with Crippen molar-refractivity contribution in [3.8, 4) is 5.75 Å². The smallest absolute Gasteiger partial charge is 0.123 e. The van der Waals surface area contributed by atoms with Gasteiger partial charge in [-0.25, -0.2) is 0 Å². The average Bonchev–Trinajstić information content (AvgIpc) is 2.82. The predicted octanol–water partition coefficient (Wildman–Crippen LogP) is 2.94. The first-order valence-corrected chi connectivity index (χ1v) is 7.15. The van der Waals surface area contributed by atoms with E-state index in [0.29, 0.717) is 0 Å². The van der Waals surface area contributed by atoms with E-state index >= 15 is 0 Å². The molecule has 0 aliphatic carbocycles. The highest BCUT2D eigenvalue weighted by Crippen LogP contribution is 2.30. The Morgan fingerprint density at radius 3 is 3.16 bits per heavy atom. The Kier molecular flexibility index (Phi) is 3.80. The number of aromatic nitrogens is 1. The summed E-state index contributed by atoms with van der Waals surface area (Å²) in [6.07, 6.45) is 4.86. The van der Waals surface area contributed by atoms with Gasteiger partial charge in [-0.05, 0) is 35.4 Å². The standard InChI is InChI=1S/C15H15BrN2O/c16-13-3-4-15-12(6-13)7-14(19-15)10-18-9-11-2-1-5-17-8-11/h1-6,8,14,18H,7,9-10H2. The number of hydrogen-bond acceptors (Lipinski definition) is 3. The summed E-state index contributed by atoms with van der Waals surface area (Å²) in [5, 5.41) is 3.42. The fraction of sp³-hybridized carbons (Fsp3) is 0.267. The average molecular weight is 319 g/mol. The zero-order valence-electron chi connectivity index (χ0n) is 10.5. The van der Waals surface area contributed by atoms with E-state index in [0.717, 1.165) is 29.7 Å². The van der Waals surface area contributed by atoms with Gasteiger partial charge < -0.3 is 10.1 Å². The molecule has 0 spiro atoms. The molecule has 0 fully saturated rings. The molecule has 1 aliphatic rings. The van der Waals surface area contributed by atoms with Crippen LogP contribution in [-0.2, 0) is 13.0 Å². The Bertz CT molecular complexity index is 559. The number of rotatable bonds is 4. The van der Waals surface area contributed by atoms with Gasteiger partial charge in [0.25, 0.3) is 0 Å². The normalized spacial score (nSPS) is 17.0. The fourth-order valence-electron chi connectivity index (χ4n) is 2.28. The van der Waals surface area contributed by atoms with E-state index < -0.39 is 0 Å². The Morgan fingerprint density at radius 1 is 1.37 bits per heavy atom. The second kappa shape index (κ2) is 5.72. The van der Waals surface area contributed by atoms with Crippen molar-refractivity contribution in [3.63, 3.8) is 0 Å². The molecule has 0 radical (unpaired) electrons. The minimum atomic E-state index is 0.223. The molecule has 2 aromatic rings. The molecule has 4 heteroatoms.